The molecule has 0 amide bonds. The van der Waals surface area contributed by atoms with E-state index in [1.165, 1.54) is 43.5 Å². The summed E-state index contributed by atoms with van der Waals surface area (Å²) in [6.07, 6.45) is 5.08. The minimum Gasteiger partial charge on any atom is -0.314 e. The van der Waals surface area contributed by atoms with E-state index in [0.717, 1.165) is 25.4 Å². The zero-order chi connectivity index (χ0) is 15.1. The Bertz CT molecular complexity index is 399. The number of nitrogens with one attached hydrogen (secondary N) is 1. The van der Waals surface area contributed by atoms with E-state index in [1.807, 2.05) is 0 Å². The van der Waals surface area contributed by atoms with E-state index in [-0.39, 0.29) is 0 Å². The first kappa shape index (κ1) is 16.5. The van der Waals surface area contributed by atoms with E-state index in [9.17, 15) is 0 Å². The second-order valence-corrected chi connectivity index (χ2v) is 6.55. The van der Waals surface area contributed by atoms with Crippen LogP contribution in [0.1, 0.15) is 51.2 Å². The summed E-state index contributed by atoms with van der Waals surface area (Å²) in [6, 6.07) is 9.82. The first-order valence-electron chi connectivity index (χ1n) is 8.76. The molecule has 0 aliphatic carbocycles. The summed E-state index contributed by atoms with van der Waals surface area (Å²) < 4.78 is 0. The summed E-state index contributed by atoms with van der Waals surface area (Å²) in [5, 5.41) is 3.67. The van der Waals surface area contributed by atoms with Gasteiger partial charge in [-0.2, -0.15) is 0 Å². The van der Waals surface area contributed by atoms with E-state index in [0.29, 0.717) is 6.04 Å². The lowest BCUT2D eigenvalue weighted by Gasteiger charge is -2.36. The maximum atomic E-state index is 3.67. The van der Waals surface area contributed by atoms with Crippen molar-refractivity contribution in [2.24, 2.45) is 5.92 Å². The quantitative estimate of drug-likeness (QED) is 0.820. The SMILES string of the molecule is CCCNC(C)C1CCCN(Cc2ccc(CC)cc2)C1. The van der Waals surface area contributed by atoms with E-state index < -0.39 is 0 Å². The summed E-state index contributed by atoms with van der Waals surface area (Å²) in [7, 11) is 0. The third-order valence-electron chi connectivity index (χ3n) is 4.80. The van der Waals surface area contributed by atoms with Gasteiger partial charge in [0.1, 0.15) is 0 Å². The molecule has 2 nitrogen and oxygen atoms in total. The molecule has 2 heteroatoms. The van der Waals surface area contributed by atoms with Crippen LogP contribution in [0, 0.1) is 5.92 Å². The molecule has 1 aromatic carbocycles. The molecule has 0 bridgehead atoms. The van der Waals surface area contributed by atoms with E-state index in [2.05, 4.69) is 55.3 Å². The van der Waals surface area contributed by atoms with Crippen molar-refractivity contribution in [2.75, 3.05) is 19.6 Å². The Morgan fingerprint density at radius 2 is 1.90 bits per heavy atom. The third-order valence-corrected chi connectivity index (χ3v) is 4.80. The summed E-state index contributed by atoms with van der Waals surface area (Å²) in [6.45, 7) is 11.6. The van der Waals surface area contributed by atoms with Gasteiger partial charge in [-0.1, -0.05) is 38.1 Å². The standard InChI is InChI=1S/C19H32N2/c1-4-12-20-16(3)19-7-6-13-21(15-19)14-18-10-8-17(5-2)9-11-18/h8-11,16,19-20H,4-7,12-15H2,1-3H3. The Balaban J connectivity index is 1.85. The highest BCUT2D eigenvalue weighted by Crippen LogP contribution is 2.21. The molecule has 0 radical (unpaired) electrons. The van der Waals surface area contributed by atoms with Gasteiger partial charge >= 0.3 is 0 Å². The van der Waals surface area contributed by atoms with Crippen molar-refractivity contribution in [1.29, 1.82) is 0 Å². The topological polar surface area (TPSA) is 15.3 Å². The van der Waals surface area contributed by atoms with Crippen LogP contribution in [-0.4, -0.2) is 30.6 Å². The number of aryl methyl sites for hydroxylation is 1. The van der Waals surface area contributed by atoms with Gasteiger partial charge in [-0.25, -0.2) is 0 Å². The van der Waals surface area contributed by atoms with Crippen LogP contribution < -0.4 is 5.32 Å². The summed E-state index contributed by atoms with van der Waals surface area (Å²) in [5.74, 6) is 0.806. The second kappa shape index (κ2) is 8.55. The molecule has 0 saturated carbocycles. The van der Waals surface area contributed by atoms with Gasteiger partial charge in [0, 0.05) is 19.1 Å². The number of benzene rings is 1. The molecule has 1 saturated heterocycles. The lowest BCUT2D eigenvalue weighted by atomic mass is 9.91. The summed E-state index contributed by atoms with van der Waals surface area (Å²) in [5.41, 5.74) is 2.90. The monoisotopic (exact) mass is 288 g/mol. The number of hydrogen-bond acceptors (Lipinski definition) is 2. The molecule has 21 heavy (non-hydrogen) atoms. The molecule has 2 atom stereocenters. The number of likely N-dealkylation sites (tertiary alicyclic amines) is 1. The van der Waals surface area contributed by atoms with Gasteiger partial charge in [-0.15, -0.1) is 0 Å². The maximum Gasteiger partial charge on any atom is 0.0233 e. The summed E-state index contributed by atoms with van der Waals surface area (Å²) >= 11 is 0. The first-order chi connectivity index (χ1) is 10.2. The zero-order valence-corrected chi connectivity index (χ0v) is 14.1. The molecule has 2 unspecified atom stereocenters. The highest BCUT2D eigenvalue weighted by atomic mass is 15.1. The Morgan fingerprint density at radius 3 is 2.57 bits per heavy atom. The minimum atomic E-state index is 0.648. The Kier molecular flexibility index (Phi) is 6.72. The molecule has 1 fully saturated rings. The fraction of sp³-hybridized carbons (Fsp3) is 0.684. The van der Waals surface area contributed by atoms with Crippen LogP contribution in [0.3, 0.4) is 0 Å². The maximum absolute atomic E-state index is 3.67. The average molecular weight is 288 g/mol. The van der Waals surface area contributed by atoms with Crippen LogP contribution in [0.25, 0.3) is 0 Å². The fourth-order valence-electron chi connectivity index (χ4n) is 3.32. The number of piperidine rings is 1. The van der Waals surface area contributed by atoms with Crippen molar-refractivity contribution in [1.82, 2.24) is 10.2 Å². The van der Waals surface area contributed by atoms with Crippen molar-refractivity contribution < 1.29 is 0 Å². The molecule has 0 spiro atoms. The van der Waals surface area contributed by atoms with Crippen molar-refractivity contribution >= 4 is 0 Å². The first-order valence-corrected chi connectivity index (χ1v) is 8.76. The lowest BCUT2D eigenvalue weighted by molar-refractivity contribution is 0.144. The van der Waals surface area contributed by atoms with Gasteiger partial charge in [0.15, 0.2) is 0 Å². The molecule has 1 aliphatic rings. The predicted molar refractivity (Wildman–Crippen MR) is 91.6 cm³/mol. The normalized spacial score (nSPS) is 21.4. The smallest absolute Gasteiger partial charge is 0.0233 e. The summed E-state index contributed by atoms with van der Waals surface area (Å²) in [4.78, 5) is 2.64. The number of hydrogen-bond donors (Lipinski definition) is 1. The average Bonchev–Trinajstić information content (AvgIpc) is 2.53. The van der Waals surface area contributed by atoms with E-state index in [1.54, 1.807) is 0 Å². The van der Waals surface area contributed by atoms with Crippen LogP contribution in [0.4, 0.5) is 0 Å². The predicted octanol–water partition coefficient (Wildman–Crippen LogP) is 3.85. The van der Waals surface area contributed by atoms with Crippen molar-refractivity contribution in [3.63, 3.8) is 0 Å². The van der Waals surface area contributed by atoms with Gasteiger partial charge in [0.2, 0.25) is 0 Å². The molecular formula is C19H32N2. The largest absolute Gasteiger partial charge is 0.314 e. The van der Waals surface area contributed by atoms with E-state index in [4.69, 9.17) is 0 Å². The highest BCUT2D eigenvalue weighted by molar-refractivity contribution is 5.22. The van der Waals surface area contributed by atoms with Crippen LogP contribution in [0.15, 0.2) is 24.3 Å². The zero-order valence-electron chi connectivity index (χ0n) is 14.1. The molecular weight excluding hydrogens is 256 g/mol. The van der Waals surface area contributed by atoms with Crippen molar-refractivity contribution in [3.05, 3.63) is 35.4 Å². The fourth-order valence-corrected chi connectivity index (χ4v) is 3.32. The van der Waals surface area contributed by atoms with Crippen LogP contribution in [0.5, 0.6) is 0 Å². The molecule has 1 aromatic rings. The van der Waals surface area contributed by atoms with Gasteiger partial charge in [0.05, 0.1) is 0 Å². The Morgan fingerprint density at radius 1 is 1.19 bits per heavy atom. The Hall–Kier alpha value is -0.860. The highest BCUT2D eigenvalue weighted by Gasteiger charge is 2.24. The Labute approximate surface area is 130 Å². The molecule has 2 rings (SSSR count). The van der Waals surface area contributed by atoms with Gasteiger partial charge in [0.25, 0.3) is 0 Å². The lowest BCUT2D eigenvalue weighted by Crippen LogP contribution is -2.44. The van der Waals surface area contributed by atoms with Crippen molar-refractivity contribution in [2.45, 2.75) is 59.0 Å². The minimum absolute atomic E-state index is 0.648. The number of nitrogens with zero attached hydrogens (tertiary/aromatic N) is 1. The third kappa shape index (κ3) is 5.12. The number of rotatable bonds is 7. The van der Waals surface area contributed by atoms with Gasteiger partial charge in [-0.3, -0.25) is 4.90 Å². The molecule has 1 N–H and O–H groups in total. The van der Waals surface area contributed by atoms with E-state index >= 15 is 0 Å². The molecule has 1 aliphatic heterocycles. The molecule has 0 aromatic heterocycles. The second-order valence-electron chi connectivity index (χ2n) is 6.55. The van der Waals surface area contributed by atoms with Crippen molar-refractivity contribution in [3.8, 4) is 0 Å². The molecule has 1 heterocycles. The van der Waals surface area contributed by atoms with Crippen LogP contribution >= 0.6 is 0 Å². The van der Waals surface area contributed by atoms with Gasteiger partial charge in [-0.05, 0) is 62.7 Å². The van der Waals surface area contributed by atoms with Crippen LogP contribution in [0.2, 0.25) is 0 Å². The van der Waals surface area contributed by atoms with Crippen LogP contribution in [-0.2, 0) is 13.0 Å². The molecule has 118 valence electrons. The van der Waals surface area contributed by atoms with Gasteiger partial charge < -0.3 is 5.32 Å².